The van der Waals surface area contributed by atoms with Crippen molar-refractivity contribution in [3.05, 3.63) is 131 Å². The van der Waals surface area contributed by atoms with Crippen molar-refractivity contribution >= 4 is 39.1 Å². The molecule has 4 rings (SSSR count). The van der Waals surface area contributed by atoms with Crippen LogP contribution in [0.15, 0.2) is 109 Å². The van der Waals surface area contributed by atoms with Crippen molar-refractivity contribution in [1.29, 1.82) is 0 Å². The fraction of sp³-hybridized carbons (Fsp3) is 0.235. The molecule has 0 aliphatic rings. The summed E-state index contributed by atoms with van der Waals surface area (Å²) < 4.78 is 32.9. The van der Waals surface area contributed by atoms with Gasteiger partial charge in [0.15, 0.2) is 0 Å². The Labute approximate surface area is 264 Å². The summed E-state index contributed by atoms with van der Waals surface area (Å²) in [6.07, 6.45) is 1.28. The van der Waals surface area contributed by atoms with Gasteiger partial charge in [-0.15, -0.1) is 0 Å². The van der Waals surface area contributed by atoms with Crippen LogP contribution in [0.3, 0.4) is 0 Å². The van der Waals surface area contributed by atoms with Gasteiger partial charge in [0.1, 0.15) is 24.9 Å². The molecule has 0 radical (unpaired) electrons. The summed E-state index contributed by atoms with van der Waals surface area (Å²) in [4.78, 5) is 29.0. The number of rotatable bonds is 14. The van der Waals surface area contributed by atoms with Gasteiger partial charge in [0.2, 0.25) is 21.8 Å². The van der Waals surface area contributed by atoms with Gasteiger partial charge in [-0.1, -0.05) is 90.5 Å². The summed E-state index contributed by atoms with van der Waals surface area (Å²) in [5, 5.41) is 3.27. The summed E-state index contributed by atoms with van der Waals surface area (Å²) >= 11 is 6.48. The van der Waals surface area contributed by atoms with E-state index in [9.17, 15) is 18.0 Å². The molecule has 0 saturated heterocycles. The van der Waals surface area contributed by atoms with E-state index in [0.717, 1.165) is 21.7 Å². The summed E-state index contributed by atoms with van der Waals surface area (Å²) in [5.74, 6) is -0.341. The average molecular weight is 634 g/mol. The van der Waals surface area contributed by atoms with Gasteiger partial charge in [0.25, 0.3) is 0 Å². The Balaban J connectivity index is 1.63. The molecular formula is C34H36ClN3O5S. The lowest BCUT2D eigenvalue weighted by atomic mass is 10.0. The molecule has 2 amide bonds. The Bertz CT molecular complexity index is 1630. The maximum atomic E-state index is 14.1. The number of hydrogen-bond donors (Lipinski definition) is 1. The number of likely N-dealkylation sites (N-methyl/N-ethyl adjacent to an activating group) is 1. The number of amides is 2. The second-order valence-corrected chi connectivity index (χ2v) is 12.6. The molecule has 0 bridgehead atoms. The number of benzene rings is 4. The number of carbonyl (C=O) groups is 2. The lowest BCUT2D eigenvalue weighted by molar-refractivity contribution is -0.140. The smallest absolute Gasteiger partial charge is 0.244 e. The topological polar surface area (TPSA) is 96.0 Å². The molecule has 0 aliphatic heterocycles. The zero-order valence-electron chi connectivity index (χ0n) is 24.7. The fourth-order valence-corrected chi connectivity index (χ4v) is 5.76. The highest BCUT2D eigenvalue weighted by Crippen LogP contribution is 2.25. The number of halogens is 1. The first-order valence-electron chi connectivity index (χ1n) is 14.2. The molecule has 1 N–H and O–H groups in total. The van der Waals surface area contributed by atoms with E-state index in [1.807, 2.05) is 60.7 Å². The van der Waals surface area contributed by atoms with Crippen LogP contribution in [0.5, 0.6) is 5.75 Å². The molecule has 0 aliphatic carbocycles. The molecule has 0 unspecified atom stereocenters. The monoisotopic (exact) mass is 633 g/mol. The van der Waals surface area contributed by atoms with Crippen LogP contribution in [0.4, 0.5) is 5.69 Å². The van der Waals surface area contributed by atoms with Gasteiger partial charge in [-0.05, 0) is 53.9 Å². The van der Waals surface area contributed by atoms with E-state index in [1.54, 1.807) is 55.5 Å². The third kappa shape index (κ3) is 9.08. The van der Waals surface area contributed by atoms with Gasteiger partial charge < -0.3 is 15.0 Å². The molecule has 230 valence electrons. The molecule has 1 atom stereocenters. The highest BCUT2D eigenvalue weighted by molar-refractivity contribution is 7.92. The van der Waals surface area contributed by atoms with E-state index in [-0.39, 0.29) is 18.9 Å². The van der Waals surface area contributed by atoms with Crippen LogP contribution in [0.1, 0.15) is 23.6 Å². The minimum absolute atomic E-state index is 0.0109. The lowest BCUT2D eigenvalue weighted by Crippen LogP contribution is -2.53. The third-order valence-corrected chi connectivity index (χ3v) is 8.48. The second-order valence-electron chi connectivity index (χ2n) is 10.3. The van der Waals surface area contributed by atoms with Crippen LogP contribution in [-0.2, 0) is 39.2 Å². The van der Waals surface area contributed by atoms with E-state index in [2.05, 4.69) is 5.32 Å². The summed E-state index contributed by atoms with van der Waals surface area (Å²) in [5.41, 5.74) is 2.78. The maximum Gasteiger partial charge on any atom is 0.244 e. The van der Waals surface area contributed by atoms with E-state index in [0.29, 0.717) is 35.2 Å². The van der Waals surface area contributed by atoms with E-state index >= 15 is 0 Å². The standard InChI is InChI=1S/C34H36ClN3O5S/c1-3-36-34(40)32(22-26-12-6-4-7-13-26)37(23-28-16-10-11-17-31(28)35)33(39)24-38(44(2,41)42)29-18-20-30(21-19-29)43-25-27-14-8-5-9-15-27/h4-21,32H,3,22-25H2,1-2H3,(H,36,40)/t32-/m1/s1. The van der Waals surface area contributed by atoms with E-state index < -0.39 is 28.5 Å². The van der Waals surface area contributed by atoms with Crippen LogP contribution >= 0.6 is 11.6 Å². The first-order valence-corrected chi connectivity index (χ1v) is 16.5. The number of anilines is 1. The molecule has 0 heterocycles. The SMILES string of the molecule is CCNC(=O)[C@@H](Cc1ccccc1)N(Cc1ccccc1Cl)C(=O)CN(c1ccc(OCc2ccccc2)cc1)S(C)(=O)=O. The highest BCUT2D eigenvalue weighted by Gasteiger charge is 2.33. The summed E-state index contributed by atoms with van der Waals surface area (Å²) in [6.45, 7) is 2.02. The van der Waals surface area contributed by atoms with E-state index in [4.69, 9.17) is 16.3 Å². The lowest BCUT2D eigenvalue weighted by Gasteiger charge is -2.33. The van der Waals surface area contributed by atoms with Crippen molar-refractivity contribution in [2.45, 2.75) is 32.5 Å². The number of carbonyl (C=O) groups excluding carboxylic acids is 2. The first kappa shape index (κ1) is 32.6. The molecular weight excluding hydrogens is 598 g/mol. The fourth-order valence-electron chi connectivity index (χ4n) is 4.72. The highest BCUT2D eigenvalue weighted by atomic mass is 35.5. The van der Waals surface area contributed by atoms with Crippen molar-refractivity contribution in [1.82, 2.24) is 10.2 Å². The molecule has 4 aromatic carbocycles. The Morgan fingerprint density at radius 2 is 1.43 bits per heavy atom. The maximum absolute atomic E-state index is 14.1. The molecule has 44 heavy (non-hydrogen) atoms. The first-order chi connectivity index (χ1) is 21.2. The second kappa shape index (κ2) is 15.4. The molecule has 0 fully saturated rings. The third-order valence-electron chi connectivity index (χ3n) is 6.97. The minimum Gasteiger partial charge on any atom is -0.489 e. The van der Waals surface area contributed by atoms with Gasteiger partial charge >= 0.3 is 0 Å². The van der Waals surface area contributed by atoms with Crippen molar-refractivity contribution in [3.63, 3.8) is 0 Å². The van der Waals surface area contributed by atoms with Gasteiger partial charge in [-0.2, -0.15) is 0 Å². The molecule has 0 spiro atoms. The normalized spacial score (nSPS) is 11.8. The van der Waals surface area contributed by atoms with Gasteiger partial charge in [0, 0.05) is 24.5 Å². The number of ether oxygens (including phenoxy) is 1. The predicted molar refractivity (Wildman–Crippen MR) is 174 cm³/mol. The Morgan fingerprint density at radius 3 is 2.02 bits per heavy atom. The molecule has 8 nitrogen and oxygen atoms in total. The number of nitrogens with zero attached hydrogens (tertiary/aromatic N) is 2. The zero-order valence-corrected chi connectivity index (χ0v) is 26.3. The summed E-state index contributed by atoms with van der Waals surface area (Å²) in [7, 11) is -3.89. The predicted octanol–water partition coefficient (Wildman–Crippen LogP) is 5.46. The summed E-state index contributed by atoms with van der Waals surface area (Å²) in [6, 6.07) is 31.7. The molecule has 4 aromatic rings. The Hall–Kier alpha value is -4.34. The van der Waals surface area contributed by atoms with Crippen molar-refractivity contribution in [3.8, 4) is 5.75 Å². The van der Waals surface area contributed by atoms with Crippen molar-refractivity contribution in [2.75, 3.05) is 23.7 Å². The number of hydrogen-bond acceptors (Lipinski definition) is 5. The van der Waals surface area contributed by atoms with Crippen LogP contribution in [0.25, 0.3) is 0 Å². The zero-order chi connectivity index (χ0) is 31.5. The molecule has 10 heteroatoms. The van der Waals surface area contributed by atoms with Crippen molar-refractivity contribution < 1.29 is 22.7 Å². The number of nitrogens with one attached hydrogen (secondary N) is 1. The molecule has 0 saturated carbocycles. The van der Waals surface area contributed by atoms with Gasteiger partial charge in [0.05, 0.1) is 11.9 Å². The Morgan fingerprint density at radius 1 is 0.841 bits per heavy atom. The van der Waals surface area contributed by atoms with Crippen LogP contribution in [0, 0.1) is 0 Å². The van der Waals surface area contributed by atoms with Crippen LogP contribution in [0.2, 0.25) is 5.02 Å². The quantitative estimate of drug-likeness (QED) is 0.199. The largest absolute Gasteiger partial charge is 0.489 e. The van der Waals surface area contributed by atoms with Crippen LogP contribution in [-0.4, -0.2) is 50.5 Å². The van der Waals surface area contributed by atoms with E-state index in [1.165, 1.54) is 4.90 Å². The molecule has 0 aromatic heterocycles. The Kier molecular flexibility index (Phi) is 11.4. The average Bonchev–Trinajstić information content (AvgIpc) is 3.02. The van der Waals surface area contributed by atoms with Crippen LogP contribution < -0.4 is 14.4 Å². The van der Waals surface area contributed by atoms with Crippen molar-refractivity contribution in [2.24, 2.45) is 0 Å². The van der Waals surface area contributed by atoms with Gasteiger partial charge in [-0.3, -0.25) is 13.9 Å². The minimum atomic E-state index is -3.89. The number of sulfonamides is 1. The van der Waals surface area contributed by atoms with Gasteiger partial charge in [-0.25, -0.2) is 8.42 Å².